The maximum Gasteiger partial charge on any atom is 0.265 e. The Morgan fingerprint density at radius 3 is 2.77 bits per heavy atom. The van der Waals surface area contributed by atoms with Crippen LogP contribution in [0.15, 0.2) is 42.5 Å². The summed E-state index contributed by atoms with van der Waals surface area (Å²) >= 11 is 5.85. The third-order valence-corrected chi connectivity index (χ3v) is 3.18. The predicted octanol–water partition coefficient (Wildman–Crippen LogP) is 3.76. The van der Waals surface area contributed by atoms with Crippen LogP contribution in [0.5, 0.6) is 5.75 Å². The molecule has 0 radical (unpaired) electrons. The fourth-order valence-electron chi connectivity index (χ4n) is 1.73. The van der Waals surface area contributed by atoms with E-state index < -0.39 is 17.8 Å². The molecule has 0 unspecified atom stereocenters. The van der Waals surface area contributed by atoms with Gasteiger partial charge in [-0.05, 0) is 37.3 Å². The van der Waals surface area contributed by atoms with Gasteiger partial charge in [-0.2, -0.15) is 5.26 Å². The van der Waals surface area contributed by atoms with Gasteiger partial charge in [0.25, 0.3) is 5.91 Å². The molecule has 1 atom stereocenters. The lowest BCUT2D eigenvalue weighted by Crippen LogP contribution is -2.30. The largest absolute Gasteiger partial charge is 0.480 e. The molecule has 0 fully saturated rings. The molecule has 0 aliphatic carbocycles. The first-order valence-electron chi connectivity index (χ1n) is 6.43. The first kappa shape index (κ1) is 15.8. The molecule has 0 aliphatic rings. The van der Waals surface area contributed by atoms with Crippen molar-refractivity contribution in [2.45, 2.75) is 13.0 Å². The quantitative estimate of drug-likeness (QED) is 0.933. The maximum absolute atomic E-state index is 13.0. The molecular weight excluding hydrogens is 307 g/mol. The Balaban J connectivity index is 2.08. The van der Waals surface area contributed by atoms with Crippen LogP contribution in [-0.4, -0.2) is 12.0 Å². The fourth-order valence-corrected chi connectivity index (χ4v) is 1.95. The molecule has 0 saturated heterocycles. The Hall–Kier alpha value is -2.58. The molecule has 0 spiro atoms. The number of nitrogens with zero attached hydrogens (tertiary/aromatic N) is 1. The lowest BCUT2D eigenvalue weighted by Gasteiger charge is -2.16. The van der Waals surface area contributed by atoms with Crippen molar-refractivity contribution in [2.75, 3.05) is 5.32 Å². The van der Waals surface area contributed by atoms with Crippen molar-refractivity contribution in [3.05, 3.63) is 58.9 Å². The highest BCUT2D eigenvalue weighted by atomic mass is 35.5. The van der Waals surface area contributed by atoms with Crippen molar-refractivity contribution >= 4 is 23.2 Å². The van der Waals surface area contributed by atoms with Crippen LogP contribution >= 0.6 is 11.6 Å². The highest BCUT2D eigenvalue weighted by Gasteiger charge is 2.17. The molecule has 6 heteroatoms. The summed E-state index contributed by atoms with van der Waals surface area (Å²) in [4.78, 5) is 12.1. The number of ether oxygens (including phenoxy) is 1. The Kier molecular flexibility index (Phi) is 4.97. The Morgan fingerprint density at radius 1 is 1.36 bits per heavy atom. The second-order valence-electron chi connectivity index (χ2n) is 4.48. The average Bonchev–Trinajstić information content (AvgIpc) is 2.50. The van der Waals surface area contributed by atoms with E-state index in [2.05, 4.69) is 5.32 Å². The highest BCUT2D eigenvalue weighted by Crippen LogP contribution is 2.23. The number of halogens is 2. The smallest absolute Gasteiger partial charge is 0.265 e. The van der Waals surface area contributed by atoms with Crippen molar-refractivity contribution in [3.63, 3.8) is 0 Å². The number of nitriles is 1. The summed E-state index contributed by atoms with van der Waals surface area (Å²) in [6.45, 7) is 1.54. The van der Waals surface area contributed by atoms with Gasteiger partial charge >= 0.3 is 0 Å². The molecule has 2 aromatic rings. The van der Waals surface area contributed by atoms with Gasteiger partial charge in [0.2, 0.25) is 0 Å². The molecule has 2 aromatic carbocycles. The number of benzene rings is 2. The topological polar surface area (TPSA) is 62.1 Å². The van der Waals surface area contributed by atoms with Crippen LogP contribution in [0.3, 0.4) is 0 Å². The Bertz CT molecular complexity index is 743. The van der Waals surface area contributed by atoms with E-state index in [4.69, 9.17) is 21.6 Å². The van der Waals surface area contributed by atoms with Crippen LogP contribution < -0.4 is 10.1 Å². The minimum atomic E-state index is -0.851. The van der Waals surface area contributed by atoms with Crippen LogP contribution in [0.4, 0.5) is 10.1 Å². The predicted molar refractivity (Wildman–Crippen MR) is 81.3 cm³/mol. The summed E-state index contributed by atoms with van der Waals surface area (Å²) in [6.07, 6.45) is -0.851. The lowest BCUT2D eigenvalue weighted by atomic mass is 10.2. The van der Waals surface area contributed by atoms with E-state index in [1.54, 1.807) is 31.2 Å². The van der Waals surface area contributed by atoms with Crippen LogP contribution in [0.1, 0.15) is 12.5 Å². The van der Waals surface area contributed by atoms with Gasteiger partial charge in [0, 0.05) is 0 Å². The third-order valence-electron chi connectivity index (χ3n) is 2.87. The van der Waals surface area contributed by atoms with E-state index in [1.165, 1.54) is 12.1 Å². The summed E-state index contributed by atoms with van der Waals surface area (Å²) in [5.41, 5.74) is 0.624. The molecule has 112 valence electrons. The molecule has 22 heavy (non-hydrogen) atoms. The van der Waals surface area contributed by atoms with E-state index in [0.29, 0.717) is 11.3 Å². The number of anilines is 1. The Labute approximate surface area is 132 Å². The average molecular weight is 319 g/mol. The van der Waals surface area contributed by atoms with Gasteiger partial charge in [0.1, 0.15) is 17.6 Å². The van der Waals surface area contributed by atoms with Gasteiger partial charge in [-0.3, -0.25) is 4.79 Å². The zero-order chi connectivity index (χ0) is 16.1. The number of amides is 1. The van der Waals surface area contributed by atoms with Crippen molar-refractivity contribution in [2.24, 2.45) is 0 Å². The minimum absolute atomic E-state index is 0.0953. The lowest BCUT2D eigenvalue weighted by molar-refractivity contribution is -0.122. The van der Waals surface area contributed by atoms with Crippen molar-refractivity contribution < 1.29 is 13.9 Å². The minimum Gasteiger partial charge on any atom is -0.480 e. The van der Waals surface area contributed by atoms with Crippen molar-refractivity contribution in [3.8, 4) is 11.8 Å². The van der Waals surface area contributed by atoms with Gasteiger partial charge in [-0.25, -0.2) is 4.39 Å². The number of hydrogen-bond donors (Lipinski definition) is 1. The first-order valence-corrected chi connectivity index (χ1v) is 6.80. The molecule has 1 amide bonds. The first-order chi connectivity index (χ1) is 10.5. The molecule has 0 saturated carbocycles. The standard InChI is InChI=1S/C16H12ClFN2O2/c1-10(22-15-5-3-2-4-11(15)9-19)16(21)20-14-7-6-12(18)8-13(14)17/h2-8,10H,1H3,(H,20,21)/t10-/m1/s1. The monoisotopic (exact) mass is 318 g/mol. The summed E-state index contributed by atoms with van der Waals surface area (Å²) < 4.78 is 18.4. The number of carbonyl (C=O) groups is 1. The number of hydrogen-bond acceptors (Lipinski definition) is 3. The van der Waals surface area contributed by atoms with E-state index in [0.717, 1.165) is 6.07 Å². The van der Waals surface area contributed by atoms with E-state index in [9.17, 15) is 9.18 Å². The summed E-state index contributed by atoms with van der Waals surface area (Å²) in [5.74, 6) is -0.630. The van der Waals surface area contributed by atoms with Crippen molar-refractivity contribution in [1.29, 1.82) is 5.26 Å². The van der Waals surface area contributed by atoms with Gasteiger partial charge in [0.05, 0.1) is 16.3 Å². The molecule has 0 aromatic heterocycles. The normalized spacial score (nSPS) is 11.4. The number of rotatable bonds is 4. The molecule has 4 nitrogen and oxygen atoms in total. The van der Waals surface area contributed by atoms with Gasteiger partial charge in [0.15, 0.2) is 6.10 Å². The van der Waals surface area contributed by atoms with E-state index in [-0.39, 0.29) is 10.7 Å². The van der Waals surface area contributed by atoms with Crippen LogP contribution in [0, 0.1) is 17.1 Å². The second kappa shape index (κ2) is 6.92. The van der Waals surface area contributed by atoms with E-state index >= 15 is 0 Å². The molecular formula is C16H12ClFN2O2. The number of nitrogens with one attached hydrogen (secondary N) is 1. The zero-order valence-corrected chi connectivity index (χ0v) is 12.4. The third kappa shape index (κ3) is 3.74. The molecule has 0 bridgehead atoms. The van der Waals surface area contributed by atoms with Crippen molar-refractivity contribution in [1.82, 2.24) is 0 Å². The van der Waals surface area contributed by atoms with Gasteiger partial charge < -0.3 is 10.1 Å². The molecule has 1 N–H and O–H groups in total. The van der Waals surface area contributed by atoms with Gasteiger partial charge in [-0.15, -0.1) is 0 Å². The molecule has 0 heterocycles. The summed E-state index contributed by atoms with van der Waals surface area (Å²) in [5, 5.41) is 11.6. The number of carbonyl (C=O) groups excluding carboxylic acids is 1. The highest BCUT2D eigenvalue weighted by molar-refractivity contribution is 6.33. The Morgan fingerprint density at radius 2 is 2.09 bits per heavy atom. The molecule has 0 aliphatic heterocycles. The van der Waals surface area contributed by atoms with E-state index in [1.807, 2.05) is 6.07 Å². The number of para-hydroxylation sites is 1. The van der Waals surface area contributed by atoms with Crippen LogP contribution in [0.25, 0.3) is 0 Å². The van der Waals surface area contributed by atoms with Crippen LogP contribution in [-0.2, 0) is 4.79 Å². The SMILES string of the molecule is C[C@@H](Oc1ccccc1C#N)C(=O)Nc1ccc(F)cc1Cl. The summed E-state index contributed by atoms with van der Waals surface area (Å²) in [6, 6.07) is 12.3. The summed E-state index contributed by atoms with van der Waals surface area (Å²) in [7, 11) is 0. The van der Waals surface area contributed by atoms with Gasteiger partial charge in [-0.1, -0.05) is 23.7 Å². The second-order valence-corrected chi connectivity index (χ2v) is 4.89. The fraction of sp³-hybridized carbons (Fsp3) is 0.125. The zero-order valence-electron chi connectivity index (χ0n) is 11.6. The maximum atomic E-state index is 13.0. The molecule has 2 rings (SSSR count). The van der Waals surface area contributed by atoms with Crippen LogP contribution in [0.2, 0.25) is 5.02 Å².